The van der Waals surface area contributed by atoms with Crippen LogP contribution in [0.15, 0.2) is 35.5 Å². The molecule has 1 atom stereocenters. The minimum Gasteiger partial charge on any atom is -0.357 e. The average molecular weight is 470 g/mol. The van der Waals surface area contributed by atoms with Crippen LogP contribution in [0.5, 0.6) is 0 Å². The van der Waals surface area contributed by atoms with Gasteiger partial charge in [-0.15, -0.1) is 24.0 Å². The molecular formula is C19H31IN6. The van der Waals surface area contributed by atoms with Crippen LogP contribution in [-0.2, 0) is 13.0 Å². The first kappa shape index (κ1) is 22.4. The van der Waals surface area contributed by atoms with Gasteiger partial charge in [0.1, 0.15) is 0 Å². The summed E-state index contributed by atoms with van der Waals surface area (Å²) < 4.78 is 2.07. The zero-order valence-corrected chi connectivity index (χ0v) is 18.5. The Morgan fingerprint density at radius 3 is 2.69 bits per heavy atom. The molecule has 0 aromatic carbocycles. The number of hydrogen-bond acceptors (Lipinski definition) is 3. The minimum atomic E-state index is 0. The molecule has 1 unspecified atom stereocenters. The number of halogens is 1. The Labute approximate surface area is 173 Å². The topological polar surface area (TPSA) is 67.1 Å². The molecule has 2 rings (SSSR count). The molecular weight excluding hydrogens is 439 g/mol. The van der Waals surface area contributed by atoms with Crippen LogP contribution in [-0.4, -0.2) is 40.4 Å². The lowest BCUT2D eigenvalue weighted by molar-refractivity contribution is 0.449. The first-order chi connectivity index (χ1) is 12.1. The van der Waals surface area contributed by atoms with Crippen molar-refractivity contribution in [2.45, 2.75) is 40.7 Å². The first-order valence-electron chi connectivity index (χ1n) is 9.01. The SMILES string of the molecule is CCNC(=NCC(C)Cn1nc(C)cc1C)NCCc1ccccn1.I. The monoisotopic (exact) mass is 470 g/mol. The number of hydrogen-bond donors (Lipinski definition) is 2. The Kier molecular flexibility index (Phi) is 10.2. The Morgan fingerprint density at radius 2 is 2.08 bits per heavy atom. The summed E-state index contributed by atoms with van der Waals surface area (Å²) in [5.74, 6) is 1.28. The number of guanidine groups is 1. The summed E-state index contributed by atoms with van der Waals surface area (Å²) in [4.78, 5) is 9.05. The van der Waals surface area contributed by atoms with Crippen LogP contribution in [0.3, 0.4) is 0 Å². The zero-order valence-electron chi connectivity index (χ0n) is 16.2. The molecule has 144 valence electrons. The molecule has 0 spiro atoms. The second-order valence-electron chi connectivity index (χ2n) is 6.43. The van der Waals surface area contributed by atoms with E-state index in [-0.39, 0.29) is 24.0 Å². The third-order valence-electron chi connectivity index (χ3n) is 3.89. The predicted octanol–water partition coefficient (Wildman–Crippen LogP) is 2.95. The van der Waals surface area contributed by atoms with Crippen LogP contribution in [0.2, 0.25) is 0 Å². The maximum atomic E-state index is 4.71. The molecule has 0 aliphatic carbocycles. The van der Waals surface area contributed by atoms with Gasteiger partial charge in [0.25, 0.3) is 0 Å². The summed E-state index contributed by atoms with van der Waals surface area (Å²) in [6.45, 7) is 11.7. The van der Waals surface area contributed by atoms with Gasteiger partial charge in [-0.1, -0.05) is 13.0 Å². The molecule has 0 aliphatic rings. The van der Waals surface area contributed by atoms with Crippen molar-refractivity contribution in [2.24, 2.45) is 10.9 Å². The molecule has 2 N–H and O–H groups in total. The molecule has 0 bridgehead atoms. The maximum Gasteiger partial charge on any atom is 0.191 e. The third-order valence-corrected chi connectivity index (χ3v) is 3.89. The lowest BCUT2D eigenvalue weighted by Gasteiger charge is -2.14. The van der Waals surface area contributed by atoms with Crippen LogP contribution in [0.1, 0.15) is 30.9 Å². The standard InChI is InChI=1S/C19H30N6.HI/c1-5-20-19(22-11-9-18-8-6-7-10-21-18)23-13-15(2)14-25-17(4)12-16(3)24-25;/h6-8,10,12,15H,5,9,11,13-14H2,1-4H3,(H2,20,22,23);1H. The molecule has 26 heavy (non-hydrogen) atoms. The highest BCUT2D eigenvalue weighted by Crippen LogP contribution is 2.06. The number of pyridine rings is 1. The van der Waals surface area contributed by atoms with Gasteiger partial charge in [0, 0.05) is 50.2 Å². The van der Waals surface area contributed by atoms with E-state index in [9.17, 15) is 0 Å². The summed E-state index contributed by atoms with van der Waals surface area (Å²) in [6.07, 6.45) is 2.71. The number of aromatic nitrogens is 3. The highest BCUT2D eigenvalue weighted by atomic mass is 127. The van der Waals surface area contributed by atoms with E-state index in [2.05, 4.69) is 52.2 Å². The van der Waals surface area contributed by atoms with Crippen LogP contribution in [0, 0.1) is 19.8 Å². The van der Waals surface area contributed by atoms with Gasteiger partial charge in [0.2, 0.25) is 0 Å². The smallest absolute Gasteiger partial charge is 0.191 e. The normalized spacial score (nSPS) is 12.4. The Morgan fingerprint density at radius 1 is 1.27 bits per heavy atom. The third kappa shape index (κ3) is 7.72. The van der Waals surface area contributed by atoms with Gasteiger partial charge in [-0.3, -0.25) is 14.7 Å². The van der Waals surface area contributed by atoms with E-state index in [0.29, 0.717) is 5.92 Å². The lowest BCUT2D eigenvalue weighted by Crippen LogP contribution is -2.38. The summed E-state index contributed by atoms with van der Waals surface area (Å²) >= 11 is 0. The van der Waals surface area contributed by atoms with Gasteiger partial charge < -0.3 is 10.6 Å². The van der Waals surface area contributed by atoms with Crippen LogP contribution in [0.25, 0.3) is 0 Å². The van der Waals surface area contributed by atoms with E-state index in [1.165, 1.54) is 5.69 Å². The van der Waals surface area contributed by atoms with Crippen molar-refractivity contribution in [1.29, 1.82) is 0 Å². The zero-order chi connectivity index (χ0) is 18.1. The molecule has 2 aromatic heterocycles. The van der Waals surface area contributed by atoms with Gasteiger partial charge in [0.05, 0.1) is 5.69 Å². The largest absolute Gasteiger partial charge is 0.357 e. The fourth-order valence-electron chi connectivity index (χ4n) is 2.66. The van der Waals surface area contributed by atoms with Gasteiger partial charge in [-0.05, 0) is 44.9 Å². The highest BCUT2D eigenvalue weighted by Gasteiger charge is 2.07. The fraction of sp³-hybridized carbons (Fsp3) is 0.526. The molecule has 0 fully saturated rings. The molecule has 0 aliphatic heterocycles. The van der Waals surface area contributed by atoms with Crippen molar-refractivity contribution >= 4 is 29.9 Å². The van der Waals surface area contributed by atoms with Crippen LogP contribution >= 0.6 is 24.0 Å². The maximum absolute atomic E-state index is 4.71. The number of aryl methyl sites for hydroxylation is 2. The lowest BCUT2D eigenvalue weighted by atomic mass is 10.2. The minimum absolute atomic E-state index is 0. The van der Waals surface area contributed by atoms with Crippen molar-refractivity contribution < 1.29 is 0 Å². The van der Waals surface area contributed by atoms with Gasteiger partial charge in [-0.2, -0.15) is 5.10 Å². The molecule has 2 aromatic rings. The van der Waals surface area contributed by atoms with Crippen LogP contribution in [0.4, 0.5) is 0 Å². The molecule has 0 amide bonds. The van der Waals surface area contributed by atoms with Gasteiger partial charge in [0.15, 0.2) is 5.96 Å². The predicted molar refractivity (Wildman–Crippen MR) is 118 cm³/mol. The van der Waals surface area contributed by atoms with E-state index in [4.69, 9.17) is 4.99 Å². The second kappa shape index (κ2) is 11.9. The molecule has 2 heterocycles. The molecule has 6 nitrogen and oxygen atoms in total. The number of nitrogens with one attached hydrogen (secondary N) is 2. The van der Waals surface area contributed by atoms with Gasteiger partial charge >= 0.3 is 0 Å². The average Bonchev–Trinajstić information content (AvgIpc) is 2.91. The summed E-state index contributed by atoms with van der Waals surface area (Å²) in [5.41, 5.74) is 3.36. The van der Waals surface area contributed by atoms with E-state index in [0.717, 1.165) is 49.9 Å². The van der Waals surface area contributed by atoms with Crippen molar-refractivity contribution in [1.82, 2.24) is 25.4 Å². The summed E-state index contributed by atoms with van der Waals surface area (Å²) in [6, 6.07) is 8.11. The quantitative estimate of drug-likeness (QED) is 0.354. The molecule has 0 saturated carbocycles. The van der Waals surface area contributed by atoms with Crippen molar-refractivity contribution in [3.8, 4) is 0 Å². The Bertz CT molecular complexity index is 668. The van der Waals surface area contributed by atoms with Crippen molar-refractivity contribution in [3.05, 3.63) is 47.5 Å². The first-order valence-corrected chi connectivity index (χ1v) is 9.01. The van der Waals surface area contributed by atoms with E-state index in [1.54, 1.807) is 0 Å². The number of nitrogens with zero attached hydrogens (tertiary/aromatic N) is 4. The Balaban J connectivity index is 0.00000338. The number of rotatable bonds is 8. The fourth-order valence-corrected chi connectivity index (χ4v) is 2.66. The van der Waals surface area contributed by atoms with Crippen molar-refractivity contribution in [3.63, 3.8) is 0 Å². The highest BCUT2D eigenvalue weighted by molar-refractivity contribution is 14.0. The van der Waals surface area contributed by atoms with Gasteiger partial charge in [-0.25, -0.2) is 0 Å². The van der Waals surface area contributed by atoms with E-state index >= 15 is 0 Å². The Hall–Kier alpha value is -1.64. The van der Waals surface area contributed by atoms with Crippen molar-refractivity contribution in [2.75, 3.05) is 19.6 Å². The number of aliphatic imine (C=N–C) groups is 1. The van der Waals surface area contributed by atoms with Crippen LogP contribution < -0.4 is 10.6 Å². The van der Waals surface area contributed by atoms with E-state index < -0.39 is 0 Å². The second-order valence-corrected chi connectivity index (χ2v) is 6.43. The molecule has 0 saturated heterocycles. The summed E-state index contributed by atoms with van der Waals surface area (Å²) in [5, 5.41) is 11.2. The molecule has 0 radical (unpaired) electrons. The summed E-state index contributed by atoms with van der Waals surface area (Å²) in [7, 11) is 0. The van der Waals surface area contributed by atoms with E-state index in [1.807, 2.05) is 31.3 Å². The molecule has 7 heteroatoms.